The summed E-state index contributed by atoms with van der Waals surface area (Å²) in [5.74, 6) is -0.0196. The van der Waals surface area contributed by atoms with Gasteiger partial charge in [0.2, 0.25) is 5.91 Å². The summed E-state index contributed by atoms with van der Waals surface area (Å²) in [4.78, 5) is 16.3. The summed E-state index contributed by atoms with van der Waals surface area (Å²) in [6, 6.07) is 4.26. The van der Waals surface area contributed by atoms with Gasteiger partial charge in [0.1, 0.15) is 0 Å². The van der Waals surface area contributed by atoms with Crippen LogP contribution in [-0.2, 0) is 4.79 Å². The van der Waals surface area contributed by atoms with Gasteiger partial charge in [0, 0.05) is 28.4 Å². The number of aliphatic hydroxyl groups excluding tert-OH is 1. The van der Waals surface area contributed by atoms with Crippen molar-refractivity contribution in [2.75, 3.05) is 13.2 Å². The molecule has 0 spiro atoms. The molecular formula is C15H23NO2S. The first-order chi connectivity index (χ1) is 9.12. The molecular weight excluding hydrogens is 258 g/mol. The summed E-state index contributed by atoms with van der Waals surface area (Å²) < 4.78 is 0. The lowest BCUT2D eigenvalue weighted by atomic mass is 10.1. The van der Waals surface area contributed by atoms with E-state index in [-0.39, 0.29) is 18.6 Å². The second kappa shape index (κ2) is 8.12. The number of nitrogens with zero attached hydrogens (tertiary/aromatic N) is 1. The lowest BCUT2D eigenvalue weighted by molar-refractivity contribution is -0.128. The van der Waals surface area contributed by atoms with Gasteiger partial charge < -0.3 is 10.0 Å². The molecule has 0 aromatic carbocycles. The molecule has 0 aliphatic carbocycles. The predicted octanol–water partition coefficient (Wildman–Crippen LogP) is 3.08. The van der Waals surface area contributed by atoms with E-state index >= 15 is 0 Å². The van der Waals surface area contributed by atoms with Crippen LogP contribution in [0.15, 0.2) is 18.2 Å². The molecule has 0 aliphatic rings. The van der Waals surface area contributed by atoms with Gasteiger partial charge >= 0.3 is 0 Å². The quantitative estimate of drug-likeness (QED) is 0.780. The zero-order valence-electron chi connectivity index (χ0n) is 11.9. The maximum absolute atomic E-state index is 12.2. The van der Waals surface area contributed by atoms with Crippen LogP contribution in [0.2, 0.25) is 0 Å². The monoisotopic (exact) mass is 281 g/mol. The Morgan fingerprint density at radius 3 is 2.58 bits per heavy atom. The number of carbonyl (C=O) groups excluding carboxylic acids is 1. The zero-order chi connectivity index (χ0) is 14.3. The molecule has 1 aromatic rings. The maximum Gasteiger partial charge on any atom is 0.246 e. The summed E-state index contributed by atoms with van der Waals surface area (Å²) in [7, 11) is 0. The lowest BCUT2D eigenvalue weighted by Crippen LogP contribution is -2.40. The second-order valence-electron chi connectivity index (χ2n) is 4.51. The summed E-state index contributed by atoms with van der Waals surface area (Å²) in [6.45, 7) is 6.59. The van der Waals surface area contributed by atoms with Gasteiger partial charge in [-0.25, -0.2) is 0 Å². The van der Waals surface area contributed by atoms with Crippen LogP contribution in [0, 0.1) is 6.92 Å². The van der Waals surface area contributed by atoms with Crippen molar-refractivity contribution in [1.29, 1.82) is 0 Å². The number of aryl methyl sites for hydroxylation is 1. The first-order valence-corrected chi connectivity index (χ1v) is 7.60. The van der Waals surface area contributed by atoms with Crippen molar-refractivity contribution in [2.45, 2.75) is 39.7 Å². The number of hydrogen-bond acceptors (Lipinski definition) is 3. The Balaban J connectivity index is 2.73. The third kappa shape index (κ3) is 4.80. The molecule has 106 valence electrons. The standard InChI is InChI=1S/C15H23NO2S/c1-4-13(5-2)16(10-11-17)15(18)9-8-14-7-6-12(3)19-14/h6-9,13,17H,4-5,10-11H2,1-3H3. The van der Waals surface area contributed by atoms with Crippen molar-refractivity contribution >= 4 is 23.3 Å². The van der Waals surface area contributed by atoms with Crippen LogP contribution in [0.1, 0.15) is 36.4 Å². The van der Waals surface area contributed by atoms with Crippen LogP contribution < -0.4 is 0 Å². The number of carbonyl (C=O) groups is 1. The third-order valence-electron chi connectivity index (χ3n) is 3.16. The van der Waals surface area contributed by atoms with Gasteiger partial charge in [-0.15, -0.1) is 11.3 Å². The molecule has 0 aliphatic heterocycles. The molecule has 0 radical (unpaired) electrons. The van der Waals surface area contributed by atoms with Gasteiger partial charge in [0.15, 0.2) is 0 Å². The van der Waals surface area contributed by atoms with Gasteiger partial charge in [0.25, 0.3) is 0 Å². The summed E-state index contributed by atoms with van der Waals surface area (Å²) in [5.41, 5.74) is 0. The van der Waals surface area contributed by atoms with Gasteiger partial charge in [0.05, 0.1) is 6.61 Å². The molecule has 19 heavy (non-hydrogen) atoms. The number of aliphatic hydroxyl groups is 1. The largest absolute Gasteiger partial charge is 0.395 e. The fourth-order valence-electron chi connectivity index (χ4n) is 2.10. The van der Waals surface area contributed by atoms with E-state index in [4.69, 9.17) is 5.11 Å². The summed E-state index contributed by atoms with van der Waals surface area (Å²) >= 11 is 1.67. The molecule has 1 heterocycles. The van der Waals surface area contributed by atoms with Crippen molar-refractivity contribution in [2.24, 2.45) is 0 Å². The van der Waals surface area contributed by atoms with Gasteiger partial charge in [-0.2, -0.15) is 0 Å². The normalized spacial score (nSPS) is 11.4. The van der Waals surface area contributed by atoms with E-state index in [0.717, 1.165) is 17.7 Å². The summed E-state index contributed by atoms with van der Waals surface area (Å²) in [5, 5.41) is 9.10. The highest BCUT2D eigenvalue weighted by Crippen LogP contribution is 2.17. The Kier molecular flexibility index (Phi) is 6.81. The molecule has 3 nitrogen and oxygen atoms in total. The smallest absolute Gasteiger partial charge is 0.246 e. The molecule has 4 heteroatoms. The van der Waals surface area contributed by atoms with Crippen molar-refractivity contribution < 1.29 is 9.90 Å². The Morgan fingerprint density at radius 1 is 1.42 bits per heavy atom. The van der Waals surface area contributed by atoms with Crippen LogP contribution in [0.4, 0.5) is 0 Å². The van der Waals surface area contributed by atoms with Gasteiger partial charge in [-0.1, -0.05) is 13.8 Å². The molecule has 0 unspecified atom stereocenters. The van der Waals surface area contributed by atoms with Crippen molar-refractivity contribution in [1.82, 2.24) is 4.90 Å². The van der Waals surface area contributed by atoms with E-state index in [1.807, 2.05) is 25.1 Å². The van der Waals surface area contributed by atoms with Crippen molar-refractivity contribution in [3.63, 3.8) is 0 Å². The highest BCUT2D eigenvalue weighted by Gasteiger charge is 2.18. The predicted molar refractivity (Wildman–Crippen MR) is 81.3 cm³/mol. The average Bonchev–Trinajstić information content (AvgIpc) is 2.82. The highest BCUT2D eigenvalue weighted by atomic mass is 32.1. The number of amides is 1. The van der Waals surface area contributed by atoms with Gasteiger partial charge in [-0.05, 0) is 38.0 Å². The first-order valence-electron chi connectivity index (χ1n) is 6.78. The van der Waals surface area contributed by atoms with Crippen LogP contribution in [-0.4, -0.2) is 35.1 Å². The van der Waals surface area contributed by atoms with Crippen molar-refractivity contribution in [3.05, 3.63) is 28.0 Å². The average molecular weight is 281 g/mol. The number of rotatable bonds is 7. The Morgan fingerprint density at radius 2 is 2.11 bits per heavy atom. The van der Waals surface area contributed by atoms with E-state index in [1.165, 1.54) is 4.88 Å². The molecule has 1 aromatic heterocycles. The summed E-state index contributed by atoms with van der Waals surface area (Å²) in [6.07, 6.45) is 5.29. The molecule has 0 fully saturated rings. The molecule has 0 saturated heterocycles. The van der Waals surface area contributed by atoms with Crippen LogP contribution >= 0.6 is 11.3 Å². The number of hydrogen-bond donors (Lipinski definition) is 1. The fraction of sp³-hybridized carbons (Fsp3) is 0.533. The third-order valence-corrected chi connectivity index (χ3v) is 4.12. The molecule has 0 atom stereocenters. The topological polar surface area (TPSA) is 40.5 Å². The van der Waals surface area contributed by atoms with E-state index in [1.54, 1.807) is 22.3 Å². The Labute approximate surface area is 119 Å². The van der Waals surface area contributed by atoms with E-state index in [0.29, 0.717) is 6.54 Å². The van der Waals surface area contributed by atoms with Crippen molar-refractivity contribution in [3.8, 4) is 0 Å². The Bertz CT molecular complexity index is 422. The second-order valence-corrected chi connectivity index (χ2v) is 5.83. The minimum atomic E-state index is -0.0196. The lowest BCUT2D eigenvalue weighted by Gasteiger charge is -2.28. The van der Waals surface area contributed by atoms with E-state index in [9.17, 15) is 4.79 Å². The SMILES string of the molecule is CCC(CC)N(CCO)C(=O)C=Cc1ccc(C)s1. The minimum absolute atomic E-state index is 0.00813. The molecule has 1 amide bonds. The van der Waals surface area contributed by atoms with Crippen LogP contribution in [0.25, 0.3) is 6.08 Å². The number of thiophene rings is 1. The molecule has 0 bridgehead atoms. The molecule has 0 saturated carbocycles. The van der Waals surface area contributed by atoms with E-state index in [2.05, 4.69) is 13.8 Å². The van der Waals surface area contributed by atoms with Gasteiger partial charge in [-0.3, -0.25) is 4.79 Å². The van der Waals surface area contributed by atoms with Crippen LogP contribution in [0.5, 0.6) is 0 Å². The van der Waals surface area contributed by atoms with Crippen LogP contribution in [0.3, 0.4) is 0 Å². The Hall–Kier alpha value is -1.13. The highest BCUT2D eigenvalue weighted by molar-refractivity contribution is 7.12. The van der Waals surface area contributed by atoms with E-state index < -0.39 is 0 Å². The zero-order valence-corrected chi connectivity index (χ0v) is 12.7. The minimum Gasteiger partial charge on any atom is -0.395 e. The first kappa shape index (κ1) is 15.9. The molecule has 1 N–H and O–H groups in total. The molecule has 1 rings (SSSR count). The maximum atomic E-state index is 12.2. The fourth-order valence-corrected chi connectivity index (χ4v) is 2.88.